The molecule has 1 aliphatic carbocycles. The first kappa shape index (κ1) is 8.76. The van der Waals surface area contributed by atoms with Gasteiger partial charge in [-0.2, -0.15) is 0 Å². The molecule has 0 aromatic heterocycles. The molecule has 0 spiro atoms. The Morgan fingerprint density at radius 1 is 1.27 bits per heavy atom. The normalized spacial score (nSPS) is 37.3. The van der Waals surface area contributed by atoms with E-state index in [1.165, 1.54) is 6.42 Å². The van der Waals surface area contributed by atoms with E-state index in [9.17, 15) is 4.79 Å². The van der Waals surface area contributed by atoms with Crippen LogP contribution in [-0.2, 0) is 4.79 Å². The monoisotopic (exact) mass is 154 g/mol. The van der Waals surface area contributed by atoms with E-state index in [0.29, 0.717) is 17.6 Å². The molecule has 1 fully saturated rings. The van der Waals surface area contributed by atoms with E-state index in [4.69, 9.17) is 0 Å². The van der Waals surface area contributed by atoms with Gasteiger partial charge in [-0.1, -0.05) is 27.7 Å². The van der Waals surface area contributed by atoms with Crippen molar-refractivity contribution < 1.29 is 4.79 Å². The molecular weight excluding hydrogens is 136 g/mol. The molecule has 11 heavy (non-hydrogen) atoms. The Bertz CT molecular complexity index is 170. The third-order valence-electron chi connectivity index (χ3n) is 3.35. The lowest BCUT2D eigenvalue weighted by Gasteiger charge is -2.37. The predicted octanol–water partition coefficient (Wildman–Crippen LogP) is 2.65. The van der Waals surface area contributed by atoms with Crippen molar-refractivity contribution in [1.82, 2.24) is 0 Å². The first-order valence-corrected chi connectivity index (χ1v) is 4.50. The molecule has 0 aliphatic heterocycles. The standard InChI is InChI=1S/C10H18O/c1-7-5-6-8(2)10(3,4)9(7)11/h7-8H,5-6H2,1-4H3/t7-,8+/m0/s1. The summed E-state index contributed by atoms with van der Waals surface area (Å²) in [4.78, 5) is 11.7. The molecule has 0 saturated heterocycles. The summed E-state index contributed by atoms with van der Waals surface area (Å²) in [7, 11) is 0. The molecule has 1 nitrogen and oxygen atoms in total. The maximum Gasteiger partial charge on any atom is 0.141 e. The van der Waals surface area contributed by atoms with Gasteiger partial charge in [-0.05, 0) is 18.8 Å². The van der Waals surface area contributed by atoms with Gasteiger partial charge >= 0.3 is 0 Å². The first-order valence-electron chi connectivity index (χ1n) is 4.50. The van der Waals surface area contributed by atoms with Gasteiger partial charge in [0.2, 0.25) is 0 Å². The molecule has 0 amide bonds. The molecule has 0 unspecified atom stereocenters. The van der Waals surface area contributed by atoms with E-state index in [-0.39, 0.29) is 5.41 Å². The molecule has 0 aromatic rings. The Hall–Kier alpha value is -0.330. The van der Waals surface area contributed by atoms with Crippen LogP contribution in [0.25, 0.3) is 0 Å². The number of hydrogen-bond donors (Lipinski definition) is 0. The molecule has 0 bridgehead atoms. The summed E-state index contributed by atoms with van der Waals surface area (Å²) >= 11 is 0. The lowest BCUT2D eigenvalue weighted by atomic mass is 9.65. The van der Waals surface area contributed by atoms with Crippen LogP contribution >= 0.6 is 0 Å². The van der Waals surface area contributed by atoms with Crippen LogP contribution in [0.1, 0.15) is 40.5 Å². The average molecular weight is 154 g/mol. The number of carbonyl (C=O) groups excluding carboxylic acids is 1. The van der Waals surface area contributed by atoms with Gasteiger partial charge in [0.15, 0.2) is 0 Å². The van der Waals surface area contributed by atoms with Gasteiger partial charge in [-0.15, -0.1) is 0 Å². The fourth-order valence-corrected chi connectivity index (χ4v) is 1.87. The maximum absolute atomic E-state index is 11.7. The summed E-state index contributed by atoms with van der Waals surface area (Å²) in [6.45, 7) is 8.39. The Balaban J connectivity index is 2.81. The Kier molecular flexibility index (Phi) is 2.08. The lowest BCUT2D eigenvalue weighted by molar-refractivity contribution is -0.136. The van der Waals surface area contributed by atoms with Gasteiger partial charge in [0.05, 0.1) is 0 Å². The Morgan fingerprint density at radius 2 is 1.82 bits per heavy atom. The molecule has 64 valence electrons. The van der Waals surface area contributed by atoms with Crippen molar-refractivity contribution in [3.05, 3.63) is 0 Å². The summed E-state index contributed by atoms with van der Waals surface area (Å²) in [5, 5.41) is 0. The smallest absolute Gasteiger partial charge is 0.141 e. The quantitative estimate of drug-likeness (QED) is 0.524. The summed E-state index contributed by atoms with van der Waals surface area (Å²) in [6.07, 6.45) is 2.29. The summed E-state index contributed by atoms with van der Waals surface area (Å²) < 4.78 is 0. The van der Waals surface area contributed by atoms with Crippen molar-refractivity contribution in [2.24, 2.45) is 17.3 Å². The molecule has 1 aliphatic rings. The number of hydrogen-bond acceptors (Lipinski definition) is 1. The molecule has 0 aromatic carbocycles. The molecule has 2 atom stereocenters. The number of ketones is 1. The van der Waals surface area contributed by atoms with E-state index in [1.807, 2.05) is 0 Å². The van der Waals surface area contributed by atoms with E-state index in [2.05, 4.69) is 27.7 Å². The molecule has 1 heteroatoms. The predicted molar refractivity (Wildman–Crippen MR) is 46.4 cm³/mol. The molecule has 0 heterocycles. The lowest BCUT2D eigenvalue weighted by Crippen LogP contribution is -2.39. The van der Waals surface area contributed by atoms with Crippen LogP contribution in [0.2, 0.25) is 0 Å². The van der Waals surface area contributed by atoms with E-state index < -0.39 is 0 Å². The van der Waals surface area contributed by atoms with Crippen molar-refractivity contribution >= 4 is 5.78 Å². The highest BCUT2D eigenvalue weighted by Gasteiger charge is 2.39. The summed E-state index contributed by atoms with van der Waals surface area (Å²) in [6, 6.07) is 0. The third-order valence-corrected chi connectivity index (χ3v) is 3.35. The van der Waals surface area contributed by atoms with Crippen molar-refractivity contribution in [3.8, 4) is 0 Å². The van der Waals surface area contributed by atoms with Crippen molar-refractivity contribution in [2.75, 3.05) is 0 Å². The first-order chi connectivity index (χ1) is 4.96. The van der Waals surface area contributed by atoms with Crippen LogP contribution in [-0.4, -0.2) is 5.78 Å². The molecule has 0 N–H and O–H groups in total. The van der Waals surface area contributed by atoms with E-state index in [1.54, 1.807) is 0 Å². The molecule has 0 radical (unpaired) electrons. The van der Waals surface area contributed by atoms with Crippen LogP contribution in [0.15, 0.2) is 0 Å². The Labute approximate surface area is 69.2 Å². The number of Topliss-reactive ketones (excluding diaryl/α,β-unsaturated/α-hetero) is 1. The summed E-state index contributed by atoms with van der Waals surface area (Å²) in [5.41, 5.74) is -0.0718. The van der Waals surface area contributed by atoms with Gasteiger partial charge in [-0.3, -0.25) is 4.79 Å². The van der Waals surface area contributed by atoms with Gasteiger partial charge < -0.3 is 0 Å². The zero-order valence-corrected chi connectivity index (χ0v) is 7.98. The highest BCUT2D eigenvalue weighted by Crippen LogP contribution is 2.39. The number of rotatable bonds is 0. The van der Waals surface area contributed by atoms with Crippen LogP contribution in [0.4, 0.5) is 0 Å². The minimum Gasteiger partial charge on any atom is -0.299 e. The second-order valence-corrected chi connectivity index (χ2v) is 4.47. The van der Waals surface area contributed by atoms with Crippen molar-refractivity contribution in [2.45, 2.75) is 40.5 Å². The summed E-state index contributed by atoms with van der Waals surface area (Å²) in [5.74, 6) is 1.31. The van der Waals surface area contributed by atoms with Crippen molar-refractivity contribution in [1.29, 1.82) is 0 Å². The Morgan fingerprint density at radius 3 is 2.27 bits per heavy atom. The van der Waals surface area contributed by atoms with Crippen LogP contribution in [0.5, 0.6) is 0 Å². The van der Waals surface area contributed by atoms with Crippen LogP contribution in [0.3, 0.4) is 0 Å². The number of carbonyl (C=O) groups is 1. The van der Waals surface area contributed by atoms with E-state index in [0.717, 1.165) is 6.42 Å². The highest BCUT2D eigenvalue weighted by molar-refractivity contribution is 5.87. The topological polar surface area (TPSA) is 17.1 Å². The van der Waals surface area contributed by atoms with Gasteiger partial charge in [0.1, 0.15) is 5.78 Å². The zero-order chi connectivity index (χ0) is 8.65. The largest absolute Gasteiger partial charge is 0.299 e. The minimum absolute atomic E-state index is 0.0718. The third kappa shape index (κ3) is 1.33. The van der Waals surface area contributed by atoms with Crippen LogP contribution in [0, 0.1) is 17.3 Å². The van der Waals surface area contributed by atoms with Crippen molar-refractivity contribution in [3.63, 3.8) is 0 Å². The second kappa shape index (κ2) is 2.62. The molecule has 1 saturated carbocycles. The molecular formula is C10H18O. The van der Waals surface area contributed by atoms with Crippen LogP contribution < -0.4 is 0 Å². The minimum atomic E-state index is -0.0718. The zero-order valence-electron chi connectivity index (χ0n) is 7.98. The highest BCUT2D eigenvalue weighted by atomic mass is 16.1. The SMILES string of the molecule is C[C@@H]1CC[C@H](C)C(=O)C1(C)C. The van der Waals surface area contributed by atoms with E-state index >= 15 is 0 Å². The fraction of sp³-hybridized carbons (Fsp3) is 0.900. The average Bonchev–Trinajstić information content (AvgIpc) is 1.95. The fourth-order valence-electron chi connectivity index (χ4n) is 1.87. The van der Waals surface area contributed by atoms with Gasteiger partial charge in [-0.25, -0.2) is 0 Å². The van der Waals surface area contributed by atoms with Gasteiger partial charge in [0.25, 0.3) is 0 Å². The van der Waals surface area contributed by atoms with Gasteiger partial charge in [0, 0.05) is 11.3 Å². The maximum atomic E-state index is 11.7. The molecule has 1 rings (SSSR count). The second-order valence-electron chi connectivity index (χ2n) is 4.47.